The zero-order chi connectivity index (χ0) is 20.2. The van der Waals surface area contributed by atoms with Gasteiger partial charge in [-0.3, -0.25) is 4.90 Å². The van der Waals surface area contributed by atoms with Crippen molar-refractivity contribution in [2.24, 2.45) is 0 Å². The Hall–Kier alpha value is -2.79. The molecular formula is C24H28N2O3. The summed E-state index contributed by atoms with van der Waals surface area (Å²) >= 11 is 0. The van der Waals surface area contributed by atoms with Gasteiger partial charge in [0.05, 0.1) is 6.61 Å². The Bertz CT molecular complexity index is 980. The molecule has 0 spiro atoms. The summed E-state index contributed by atoms with van der Waals surface area (Å²) in [5.41, 5.74) is 2.96. The summed E-state index contributed by atoms with van der Waals surface area (Å²) in [5, 5.41) is 1.01. The van der Waals surface area contributed by atoms with Gasteiger partial charge in [0.2, 0.25) is 0 Å². The Balaban J connectivity index is 1.45. The molecule has 5 nitrogen and oxygen atoms in total. The van der Waals surface area contributed by atoms with Crippen molar-refractivity contribution in [1.29, 1.82) is 0 Å². The highest BCUT2D eigenvalue weighted by atomic mass is 16.5. The molecule has 2 aromatic carbocycles. The number of rotatable bonds is 7. The number of aromatic nitrogens is 1. The van der Waals surface area contributed by atoms with E-state index in [1.807, 2.05) is 42.7 Å². The summed E-state index contributed by atoms with van der Waals surface area (Å²) in [6.45, 7) is 7.88. The largest absolute Gasteiger partial charge is 0.489 e. The van der Waals surface area contributed by atoms with Crippen LogP contribution >= 0.6 is 0 Å². The number of ether oxygens (including phenoxy) is 2. The van der Waals surface area contributed by atoms with Gasteiger partial charge in [-0.2, -0.15) is 0 Å². The second-order valence-electron chi connectivity index (χ2n) is 7.46. The van der Waals surface area contributed by atoms with Crippen molar-refractivity contribution in [2.45, 2.75) is 39.5 Å². The van der Waals surface area contributed by atoms with Gasteiger partial charge < -0.3 is 14.0 Å². The Kier molecular flexibility index (Phi) is 5.86. The molecule has 0 aliphatic carbocycles. The van der Waals surface area contributed by atoms with Crippen molar-refractivity contribution >= 4 is 16.9 Å². The minimum absolute atomic E-state index is 0.189. The highest BCUT2D eigenvalue weighted by Crippen LogP contribution is 2.27. The van der Waals surface area contributed by atoms with E-state index in [9.17, 15) is 4.79 Å². The standard InChI is InChI=1S/C24H28N2O3/c1-3-26-22-11-10-20(14-19(22)15-23(26)24(27)28-4-2)29-21-12-13-25(17-21)16-18-8-6-5-7-9-18/h5-11,14-15,21H,3-4,12-13,16-17H2,1-2H3/t21-/m0/s1. The summed E-state index contributed by atoms with van der Waals surface area (Å²) in [6, 6.07) is 18.5. The van der Waals surface area contributed by atoms with Crippen molar-refractivity contribution < 1.29 is 14.3 Å². The number of likely N-dealkylation sites (tertiary alicyclic amines) is 1. The van der Waals surface area contributed by atoms with Gasteiger partial charge >= 0.3 is 5.97 Å². The minimum Gasteiger partial charge on any atom is -0.489 e. The van der Waals surface area contributed by atoms with Gasteiger partial charge in [0.15, 0.2) is 0 Å². The average molecular weight is 392 g/mol. The van der Waals surface area contributed by atoms with Crippen LogP contribution in [-0.2, 0) is 17.8 Å². The van der Waals surface area contributed by atoms with Crippen LogP contribution in [0.4, 0.5) is 0 Å². The normalized spacial score (nSPS) is 17.0. The molecular weight excluding hydrogens is 364 g/mol. The number of esters is 1. The molecule has 5 heteroatoms. The Morgan fingerprint density at radius 3 is 2.69 bits per heavy atom. The van der Waals surface area contributed by atoms with Gasteiger partial charge in [-0.15, -0.1) is 0 Å². The molecule has 0 unspecified atom stereocenters. The number of carbonyl (C=O) groups excluding carboxylic acids is 1. The van der Waals surface area contributed by atoms with E-state index in [4.69, 9.17) is 9.47 Å². The fourth-order valence-electron chi connectivity index (χ4n) is 4.11. The fraction of sp³-hybridized carbons (Fsp3) is 0.375. The average Bonchev–Trinajstić information content (AvgIpc) is 3.32. The van der Waals surface area contributed by atoms with Crippen LogP contribution in [0.3, 0.4) is 0 Å². The molecule has 1 aliphatic rings. The molecule has 0 N–H and O–H groups in total. The molecule has 0 saturated carbocycles. The fourth-order valence-corrected chi connectivity index (χ4v) is 4.11. The first-order chi connectivity index (χ1) is 14.2. The third kappa shape index (κ3) is 4.30. The minimum atomic E-state index is -0.277. The topological polar surface area (TPSA) is 43.7 Å². The smallest absolute Gasteiger partial charge is 0.354 e. The molecule has 3 aromatic rings. The van der Waals surface area contributed by atoms with Crippen molar-refractivity contribution in [3.8, 4) is 5.75 Å². The lowest BCUT2D eigenvalue weighted by Crippen LogP contribution is -2.24. The van der Waals surface area contributed by atoms with Crippen molar-refractivity contribution in [3.63, 3.8) is 0 Å². The van der Waals surface area contributed by atoms with E-state index in [0.29, 0.717) is 12.3 Å². The Labute approximate surface area is 171 Å². The zero-order valence-corrected chi connectivity index (χ0v) is 17.1. The first-order valence-corrected chi connectivity index (χ1v) is 10.4. The van der Waals surface area contributed by atoms with E-state index in [-0.39, 0.29) is 12.1 Å². The third-order valence-corrected chi connectivity index (χ3v) is 5.45. The second-order valence-corrected chi connectivity index (χ2v) is 7.46. The van der Waals surface area contributed by atoms with Gasteiger partial charge in [-0.1, -0.05) is 30.3 Å². The monoisotopic (exact) mass is 392 g/mol. The number of nitrogens with zero attached hydrogens (tertiary/aromatic N) is 2. The van der Waals surface area contributed by atoms with Gasteiger partial charge in [-0.05, 0) is 50.1 Å². The molecule has 29 heavy (non-hydrogen) atoms. The van der Waals surface area contributed by atoms with Gasteiger partial charge in [0, 0.05) is 37.1 Å². The lowest BCUT2D eigenvalue weighted by molar-refractivity contribution is 0.0514. The van der Waals surface area contributed by atoms with Crippen molar-refractivity contribution in [2.75, 3.05) is 19.7 Å². The van der Waals surface area contributed by atoms with Crippen molar-refractivity contribution in [3.05, 3.63) is 65.9 Å². The molecule has 1 fully saturated rings. The van der Waals surface area contributed by atoms with Crippen LogP contribution in [0.1, 0.15) is 36.3 Å². The first kappa shape index (κ1) is 19.5. The summed E-state index contributed by atoms with van der Waals surface area (Å²) in [4.78, 5) is 14.7. The van der Waals surface area contributed by atoms with Gasteiger partial charge in [0.25, 0.3) is 0 Å². The molecule has 1 atom stereocenters. The van der Waals surface area contributed by atoms with E-state index >= 15 is 0 Å². The Morgan fingerprint density at radius 1 is 1.10 bits per heavy atom. The predicted molar refractivity (Wildman–Crippen MR) is 114 cm³/mol. The molecule has 1 aliphatic heterocycles. The highest BCUT2D eigenvalue weighted by molar-refractivity contribution is 5.96. The number of carbonyl (C=O) groups is 1. The highest BCUT2D eigenvalue weighted by Gasteiger charge is 2.24. The molecule has 1 aromatic heterocycles. The summed E-state index contributed by atoms with van der Waals surface area (Å²) < 4.78 is 13.5. The quantitative estimate of drug-likeness (QED) is 0.556. The third-order valence-electron chi connectivity index (χ3n) is 5.45. The van der Waals surface area contributed by atoms with Crippen LogP contribution in [0.15, 0.2) is 54.6 Å². The van der Waals surface area contributed by atoms with Crippen LogP contribution in [0.25, 0.3) is 10.9 Å². The van der Waals surface area contributed by atoms with Crippen LogP contribution in [-0.4, -0.2) is 41.2 Å². The second kappa shape index (κ2) is 8.70. The molecule has 0 amide bonds. The predicted octanol–water partition coefficient (Wildman–Crippen LogP) is 4.49. The van der Waals surface area contributed by atoms with Crippen LogP contribution in [0.5, 0.6) is 5.75 Å². The lowest BCUT2D eigenvalue weighted by atomic mass is 10.2. The number of hydrogen-bond donors (Lipinski definition) is 0. The summed E-state index contributed by atoms with van der Waals surface area (Å²) in [6.07, 6.45) is 1.21. The van der Waals surface area contributed by atoms with Crippen molar-refractivity contribution in [1.82, 2.24) is 9.47 Å². The van der Waals surface area contributed by atoms with Gasteiger partial charge in [-0.25, -0.2) is 4.79 Å². The zero-order valence-electron chi connectivity index (χ0n) is 17.1. The maximum absolute atomic E-state index is 12.3. The molecule has 2 heterocycles. The van der Waals surface area contributed by atoms with Crippen LogP contribution < -0.4 is 4.74 Å². The molecule has 1 saturated heterocycles. The van der Waals surface area contributed by atoms with E-state index < -0.39 is 0 Å². The van der Waals surface area contributed by atoms with Gasteiger partial charge in [0.1, 0.15) is 17.5 Å². The molecule has 4 rings (SSSR count). The Morgan fingerprint density at radius 2 is 1.93 bits per heavy atom. The summed E-state index contributed by atoms with van der Waals surface area (Å²) in [7, 11) is 0. The lowest BCUT2D eigenvalue weighted by Gasteiger charge is -2.17. The van der Waals surface area contributed by atoms with E-state index in [0.717, 1.165) is 49.3 Å². The number of hydrogen-bond acceptors (Lipinski definition) is 4. The van der Waals surface area contributed by atoms with E-state index in [1.165, 1.54) is 5.56 Å². The maximum atomic E-state index is 12.3. The number of benzene rings is 2. The van der Waals surface area contributed by atoms with E-state index in [1.54, 1.807) is 0 Å². The first-order valence-electron chi connectivity index (χ1n) is 10.4. The van der Waals surface area contributed by atoms with Crippen LogP contribution in [0, 0.1) is 0 Å². The number of aryl methyl sites for hydroxylation is 1. The summed E-state index contributed by atoms with van der Waals surface area (Å²) in [5.74, 6) is 0.577. The van der Waals surface area contributed by atoms with Crippen LogP contribution in [0.2, 0.25) is 0 Å². The van der Waals surface area contributed by atoms with E-state index in [2.05, 4.69) is 35.2 Å². The SMILES string of the molecule is CCOC(=O)c1cc2cc(O[C@H]3CCN(Cc4ccccc4)C3)ccc2n1CC. The number of fused-ring (bicyclic) bond motifs is 1. The molecule has 0 radical (unpaired) electrons. The molecule has 152 valence electrons. The maximum Gasteiger partial charge on any atom is 0.354 e. The molecule has 0 bridgehead atoms.